The van der Waals surface area contributed by atoms with Crippen LogP contribution >= 0.6 is 34.3 Å². The Balaban J connectivity index is 0.00000120. The van der Waals surface area contributed by atoms with Gasteiger partial charge in [0.15, 0.2) is 17.3 Å². The van der Waals surface area contributed by atoms with Crippen molar-refractivity contribution in [3.8, 4) is 17.1 Å². The Morgan fingerprint density at radius 1 is 0.536 bits per heavy atom. The fourth-order valence-corrected chi connectivity index (χ4v) is 8.32. The summed E-state index contributed by atoms with van der Waals surface area (Å²) in [4.78, 5) is 48.2. The normalized spacial score (nSPS) is 9.90. The highest BCUT2D eigenvalue weighted by atomic mass is 35.5. The fourth-order valence-electron chi connectivity index (χ4n) is 7.32. The number of benzene rings is 6. The van der Waals surface area contributed by atoms with Crippen LogP contribution in [0.2, 0.25) is 4.34 Å². The minimum Gasteiger partial charge on any atom is -0.444 e. The zero-order valence-electron chi connectivity index (χ0n) is 61.7. The van der Waals surface area contributed by atoms with Gasteiger partial charge in [0.1, 0.15) is 27.2 Å². The first kappa shape index (κ1) is 99.6. The van der Waals surface area contributed by atoms with Gasteiger partial charge in [-0.1, -0.05) is 180 Å². The molecule has 0 aliphatic rings. The van der Waals surface area contributed by atoms with Gasteiger partial charge in [-0.25, -0.2) is 18.7 Å². The number of pyridine rings is 2. The van der Waals surface area contributed by atoms with Gasteiger partial charge in [-0.15, -0.1) is 33.6 Å². The van der Waals surface area contributed by atoms with Gasteiger partial charge >= 0.3 is 30.7 Å². The average molecular weight is 1610 g/mol. The molecule has 22 N–H and O–H groups in total. The van der Waals surface area contributed by atoms with Crippen molar-refractivity contribution in [2.45, 2.75) is 98.5 Å². The van der Waals surface area contributed by atoms with Crippen molar-refractivity contribution in [2.75, 3.05) is 28.7 Å². The maximum absolute atomic E-state index is 12.3. The molecule has 0 amide bonds. The number of ether oxygens (including phenoxy) is 1. The third kappa shape index (κ3) is 52.6. The van der Waals surface area contributed by atoms with Gasteiger partial charge in [0.2, 0.25) is 17.4 Å². The number of nitrogens with two attached hydrogens (primary N) is 11. The lowest BCUT2D eigenvalue weighted by Crippen LogP contribution is -2.17. The van der Waals surface area contributed by atoms with Crippen molar-refractivity contribution in [1.29, 1.82) is 0 Å². The number of oxazole rings is 1. The molecule has 6 aromatic carbocycles. The number of hydrogen-bond donors (Lipinski definition) is 11. The van der Waals surface area contributed by atoms with E-state index in [0.717, 1.165) is 46.5 Å². The lowest BCUT2D eigenvalue weighted by molar-refractivity contribution is -0.274. The van der Waals surface area contributed by atoms with Gasteiger partial charge in [-0.2, -0.15) is 19.2 Å². The summed E-state index contributed by atoms with van der Waals surface area (Å²) in [5.74, 6) is 1.15. The van der Waals surface area contributed by atoms with E-state index in [2.05, 4.69) is 110 Å². The Labute approximate surface area is 657 Å². The molecule has 0 aliphatic heterocycles. The SMILES string of the molecule is CCC(C)c1ccccn1.CCC(N)c1ccncc1.Cc1cccc(CN)c1.Cc1nnc(N)o1.NCc1ccc(F)cc1.NCc1cccc(F)c1.NCc1cccc(OC(F)(F)F)c1.NCc1ccccc1.Nc1cccc(-c2cnco2)c1.Nc1ncc(Cl)s1.Nc1nnco1.Nc1nncs1.O=C=O.O=C=O. The summed E-state index contributed by atoms with van der Waals surface area (Å²) in [6, 6.07) is 54.1. The predicted molar refractivity (Wildman–Crippen MR) is 422 cm³/mol. The number of rotatable bonds is 11. The molecule has 0 fully saturated rings. The molecule has 598 valence electrons. The standard InChI is InChI=1S/C9H8N2O.C9H13N.C8H8F3NO.C8H12N2.C8H11N.2C7H8FN.C7H9N.C3H3ClN2S.C3H5N3O.C2H3N3O.C2H3N3S.2CO2/c10-8-3-1-2-7(4-8)9-5-11-6-12-9;1-3-8(2)9-6-4-5-7-10-9;9-8(10,11)13-7-3-1-2-6(4-7)5-12;1-2-8(9)7-3-5-10-6-4-7;1-7-3-2-4-8(5-7)6-9;8-7-3-1-6(5-9)2-4-7;8-7-3-1-2-6(4-7)5-9;8-6-7-4-2-1-3-5-7;4-2-1-6-3(5)7-2;1-2-5-6-3(4)7-2;2*3-2-5-4-1-6-2;2*2-1-3/h1-6H,10H2;4-8H,3H2,1-2H3;1-4H,5,12H2;3-6,8H,2,9H2,1H3;2-5H,6,9H2,1H3;2*1-4H,5,9H2;1-5H,6,8H2;1H,(H2,5,6);1H3,(H2,4,6);2*1H,(H2,3,5);;. The zero-order valence-corrected chi connectivity index (χ0v) is 64.1. The second-order valence-corrected chi connectivity index (χ2v) is 23.7. The number of alkyl halides is 3. The summed E-state index contributed by atoms with van der Waals surface area (Å²) in [6.07, 6.45) is 9.15. The van der Waals surface area contributed by atoms with Gasteiger partial charge in [-0.3, -0.25) is 9.97 Å². The van der Waals surface area contributed by atoms with Crippen LogP contribution in [-0.4, -0.2) is 69.2 Å². The Morgan fingerprint density at radius 2 is 1.11 bits per heavy atom. The predicted octanol–water partition coefficient (Wildman–Crippen LogP) is 13.2. The first-order chi connectivity index (χ1) is 53.7. The first-order valence-corrected chi connectivity index (χ1v) is 34.9. The van der Waals surface area contributed by atoms with E-state index in [9.17, 15) is 22.0 Å². The van der Waals surface area contributed by atoms with E-state index >= 15 is 0 Å². The minimum absolute atomic E-state index is 0.106. The third-order valence-electron chi connectivity index (χ3n) is 12.8. The minimum atomic E-state index is -4.65. The number of anilines is 5. The molecule has 0 spiro atoms. The number of aromatic nitrogens is 10. The number of thiazole rings is 1. The van der Waals surface area contributed by atoms with E-state index < -0.39 is 6.36 Å². The molecule has 7 heterocycles. The van der Waals surface area contributed by atoms with E-state index in [0.29, 0.717) is 58.2 Å². The topological polar surface area (TPSA) is 532 Å². The monoisotopic (exact) mass is 1610 g/mol. The van der Waals surface area contributed by atoms with Crippen molar-refractivity contribution >= 4 is 74.6 Å². The maximum Gasteiger partial charge on any atom is 0.573 e. The number of nitrogens with zero attached hydrogens (tertiary/aromatic N) is 10. The van der Waals surface area contributed by atoms with Gasteiger partial charge in [0, 0.05) is 81.2 Å². The molecule has 0 bridgehead atoms. The van der Waals surface area contributed by atoms with Crippen LogP contribution in [0.3, 0.4) is 0 Å². The number of aryl methyl sites for hydroxylation is 2. The van der Waals surface area contributed by atoms with Gasteiger partial charge in [-0.05, 0) is 132 Å². The lowest BCUT2D eigenvalue weighted by atomic mass is 10.1. The first-order valence-electron chi connectivity index (χ1n) is 32.9. The quantitative estimate of drug-likeness (QED) is 0.0423. The average Bonchev–Trinajstić information content (AvgIpc) is 1.85. The Bertz CT molecular complexity index is 4260. The van der Waals surface area contributed by atoms with Crippen LogP contribution in [0.1, 0.15) is 96.1 Å². The number of nitrogen functional groups attached to an aromatic ring is 5. The van der Waals surface area contributed by atoms with Crippen LogP contribution < -0.4 is 67.8 Å². The van der Waals surface area contributed by atoms with Crippen LogP contribution in [0, 0.1) is 25.5 Å². The van der Waals surface area contributed by atoms with Crippen molar-refractivity contribution in [3.63, 3.8) is 0 Å². The van der Waals surface area contributed by atoms with Crippen molar-refractivity contribution in [1.82, 2.24) is 50.5 Å². The summed E-state index contributed by atoms with van der Waals surface area (Å²) >= 11 is 8.04. The summed E-state index contributed by atoms with van der Waals surface area (Å²) < 4.78 is 78.1. The molecule has 13 rings (SSSR count). The molecular weight excluding hydrogens is 1520 g/mol. The van der Waals surface area contributed by atoms with Crippen LogP contribution in [0.4, 0.5) is 49.9 Å². The summed E-state index contributed by atoms with van der Waals surface area (Å²) in [6.45, 7) is 12.5. The second-order valence-electron chi connectivity index (χ2n) is 21.2. The molecule has 0 saturated carbocycles. The van der Waals surface area contributed by atoms with Gasteiger partial charge in [0.25, 0.3) is 0 Å². The van der Waals surface area contributed by atoms with Crippen LogP contribution in [0.25, 0.3) is 11.3 Å². The largest absolute Gasteiger partial charge is 0.573 e. The van der Waals surface area contributed by atoms with Gasteiger partial charge in [0.05, 0.1) is 12.4 Å². The van der Waals surface area contributed by atoms with Crippen molar-refractivity contribution in [2.24, 2.45) is 34.4 Å². The van der Waals surface area contributed by atoms with E-state index in [-0.39, 0.29) is 54.3 Å². The maximum atomic E-state index is 12.3. The van der Waals surface area contributed by atoms with E-state index in [1.54, 1.807) is 61.4 Å². The molecule has 0 radical (unpaired) electrons. The summed E-state index contributed by atoms with van der Waals surface area (Å²) in [5, 5.41) is 21.4. The van der Waals surface area contributed by atoms with Gasteiger partial charge < -0.3 is 81.1 Å². The van der Waals surface area contributed by atoms with Crippen LogP contribution in [0.15, 0.2) is 245 Å². The zero-order chi connectivity index (χ0) is 83.7. The van der Waals surface area contributed by atoms with E-state index in [4.69, 9.17) is 98.3 Å². The molecule has 112 heavy (non-hydrogen) atoms. The van der Waals surface area contributed by atoms with Crippen molar-refractivity contribution in [3.05, 3.63) is 298 Å². The number of carbonyl (C=O) groups excluding carboxylic acids is 4. The number of hydrogen-bond acceptors (Lipinski definition) is 31. The summed E-state index contributed by atoms with van der Waals surface area (Å²) in [5.41, 5.74) is 69.9. The summed E-state index contributed by atoms with van der Waals surface area (Å²) in [7, 11) is 0. The molecular formula is C75H91ClF5N21O8S2. The molecule has 13 aromatic rings. The molecule has 37 heteroatoms. The smallest absolute Gasteiger partial charge is 0.444 e. The van der Waals surface area contributed by atoms with Crippen LogP contribution in [0.5, 0.6) is 5.75 Å². The van der Waals surface area contributed by atoms with Crippen molar-refractivity contribution < 1.29 is 59.1 Å². The molecule has 2 unspecified atom stereocenters. The third-order valence-corrected chi connectivity index (χ3v) is 14.3. The molecule has 7 aromatic heterocycles. The molecule has 29 nitrogen and oxygen atoms in total. The molecule has 0 saturated heterocycles. The highest BCUT2D eigenvalue weighted by Crippen LogP contribution is 2.24. The highest BCUT2D eigenvalue weighted by molar-refractivity contribution is 7.19. The Morgan fingerprint density at radius 3 is 1.48 bits per heavy atom. The van der Waals surface area contributed by atoms with E-state index in [1.165, 1.54) is 107 Å². The Hall–Kier alpha value is -12.4. The van der Waals surface area contributed by atoms with E-state index in [1.807, 2.05) is 97.2 Å². The lowest BCUT2D eigenvalue weighted by Gasteiger charge is -2.09. The molecule has 2 atom stereocenters. The fraction of sp³-hybridized carbons (Fsp3) is 0.200. The molecule has 0 aliphatic carbocycles. The van der Waals surface area contributed by atoms with Crippen LogP contribution in [-0.2, 0) is 51.9 Å². The Kier molecular flexibility index (Phi) is 55.5. The second kappa shape index (κ2) is 62.5. The highest BCUT2D eigenvalue weighted by Gasteiger charge is 2.31. The number of halogens is 6.